The first-order valence-electron chi connectivity index (χ1n) is 6.91. The summed E-state index contributed by atoms with van der Waals surface area (Å²) in [7, 11) is 1.50. The molecule has 1 heterocycles. The van der Waals surface area contributed by atoms with E-state index in [0.717, 1.165) is 11.1 Å². The Balaban J connectivity index is 1.81. The summed E-state index contributed by atoms with van der Waals surface area (Å²) in [5, 5.41) is 12.3. The van der Waals surface area contributed by atoms with Gasteiger partial charge in [-0.1, -0.05) is 12.1 Å². The maximum absolute atomic E-state index is 11.7. The third-order valence-electron chi connectivity index (χ3n) is 3.07. The van der Waals surface area contributed by atoms with Gasteiger partial charge < -0.3 is 15.2 Å². The van der Waals surface area contributed by atoms with Gasteiger partial charge in [0.05, 0.1) is 7.11 Å². The molecule has 0 saturated carbocycles. The number of rotatable bonds is 6. The summed E-state index contributed by atoms with van der Waals surface area (Å²) in [6.45, 7) is 0.504. The third kappa shape index (κ3) is 4.63. The zero-order valence-corrected chi connectivity index (χ0v) is 12.3. The van der Waals surface area contributed by atoms with Crippen molar-refractivity contribution in [1.82, 2.24) is 10.3 Å². The van der Waals surface area contributed by atoms with Gasteiger partial charge in [0.25, 0.3) is 0 Å². The van der Waals surface area contributed by atoms with E-state index < -0.39 is 0 Å². The number of amides is 1. The Bertz CT molecular complexity index is 654. The van der Waals surface area contributed by atoms with Crippen molar-refractivity contribution in [3.63, 3.8) is 0 Å². The predicted octanol–water partition coefficient (Wildman–Crippen LogP) is 2.17. The number of methoxy groups -OCH3 is 1. The molecule has 0 spiro atoms. The van der Waals surface area contributed by atoms with Gasteiger partial charge in [-0.2, -0.15) is 0 Å². The lowest BCUT2D eigenvalue weighted by atomic mass is 10.1. The van der Waals surface area contributed by atoms with Crippen LogP contribution in [0.4, 0.5) is 0 Å². The van der Waals surface area contributed by atoms with Crippen LogP contribution < -0.4 is 10.1 Å². The van der Waals surface area contributed by atoms with Gasteiger partial charge in [-0.25, -0.2) is 0 Å². The van der Waals surface area contributed by atoms with Crippen LogP contribution in [0.2, 0.25) is 0 Å². The molecule has 0 atom stereocenters. The fourth-order valence-corrected chi connectivity index (χ4v) is 1.91. The number of phenols is 1. The largest absolute Gasteiger partial charge is 0.504 e. The van der Waals surface area contributed by atoms with E-state index in [1.165, 1.54) is 13.2 Å². The van der Waals surface area contributed by atoms with Crippen molar-refractivity contribution in [2.45, 2.75) is 6.42 Å². The molecule has 2 rings (SSSR count). The first-order valence-corrected chi connectivity index (χ1v) is 6.91. The summed E-state index contributed by atoms with van der Waals surface area (Å²) in [5.41, 5.74) is 1.85. The molecule has 0 aliphatic heterocycles. The first kappa shape index (κ1) is 15.6. The zero-order valence-electron chi connectivity index (χ0n) is 12.3. The van der Waals surface area contributed by atoms with Crippen LogP contribution in [0, 0.1) is 0 Å². The first-order chi connectivity index (χ1) is 10.7. The molecule has 1 aromatic heterocycles. The minimum atomic E-state index is -0.158. The Morgan fingerprint density at radius 2 is 2.27 bits per heavy atom. The highest BCUT2D eigenvalue weighted by molar-refractivity contribution is 5.91. The summed E-state index contributed by atoms with van der Waals surface area (Å²) in [6, 6.07) is 8.83. The van der Waals surface area contributed by atoms with E-state index in [2.05, 4.69) is 10.3 Å². The average Bonchev–Trinajstić information content (AvgIpc) is 2.55. The van der Waals surface area contributed by atoms with E-state index >= 15 is 0 Å². The molecule has 0 bridgehead atoms. The van der Waals surface area contributed by atoms with Crippen LogP contribution in [0.1, 0.15) is 11.1 Å². The molecule has 22 heavy (non-hydrogen) atoms. The molecule has 0 fully saturated rings. The van der Waals surface area contributed by atoms with E-state index in [-0.39, 0.29) is 11.7 Å². The van der Waals surface area contributed by atoms with Gasteiger partial charge in [0.1, 0.15) is 0 Å². The Morgan fingerprint density at radius 3 is 3.00 bits per heavy atom. The van der Waals surface area contributed by atoms with Crippen LogP contribution in [0.25, 0.3) is 6.08 Å². The fourth-order valence-electron chi connectivity index (χ4n) is 1.91. The SMILES string of the molecule is COc1cc(CCNC(=O)/C=C/c2cccnc2)ccc1O. The number of aromatic hydroxyl groups is 1. The Morgan fingerprint density at radius 1 is 1.41 bits per heavy atom. The quantitative estimate of drug-likeness (QED) is 0.802. The Labute approximate surface area is 129 Å². The van der Waals surface area contributed by atoms with Crippen molar-refractivity contribution >= 4 is 12.0 Å². The number of nitrogens with zero attached hydrogens (tertiary/aromatic N) is 1. The molecular formula is C17H18N2O3. The zero-order chi connectivity index (χ0) is 15.8. The molecule has 0 aliphatic carbocycles. The predicted molar refractivity (Wildman–Crippen MR) is 84.6 cm³/mol. The van der Waals surface area contributed by atoms with Gasteiger partial charge in [0.15, 0.2) is 11.5 Å². The van der Waals surface area contributed by atoms with Crippen molar-refractivity contribution < 1.29 is 14.6 Å². The molecule has 0 radical (unpaired) electrons. The number of nitrogens with one attached hydrogen (secondary N) is 1. The van der Waals surface area contributed by atoms with Gasteiger partial charge in [-0.15, -0.1) is 0 Å². The van der Waals surface area contributed by atoms with Crippen LogP contribution in [0.5, 0.6) is 11.5 Å². The normalized spacial score (nSPS) is 10.6. The maximum Gasteiger partial charge on any atom is 0.244 e. The molecule has 5 nitrogen and oxygen atoms in total. The second kappa shape index (κ2) is 7.83. The van der Waals surface area contributed by atoms with Crippen molar-refractivity contribution in [3.8, 4) is 11.5 Å². The standard InChI is InChI=1S/C17H18N2O3/c1-22-16-11-13(4-6-15(16)20)8-10-19-17(21)7-5-14-3-2-9-18-12-14/h2-7,9,11-12,20H,8,10H2,1H3,(H,19,21)/b7-5+. The van der Waals surface area contributed by atoms with E-state index in [4.69, 9.17) is 4.74 Å². The molecule has 0 unspecified atom stereocenters. The molecule has 5 heteroatoms. The number of ether oxygens (including phenoxy) is 1. The molecule has 0 saturated heterocycles. The number of phenolic OH excluding ortho intramolecular Hbond substituents is 1. The van der Waals surface area contributed by atoms with E-state index in [1.807, 2.05) is 12.1 Å². The van der Waals surface area contributed by atoms with Gasteiger partial charge in [0, 0.05) is 25.0 Å². The number of pyridine rings is 1. The fraction of sp³-hybridized carbons (Fsp3) is 0.176. The van der Waals surface area contributed by atoms with Gasteiger partial charge in [-0.3, -0.25) is 9.78 Å². The number of carbonyl (C=O) groups excluding carboxylic acids is 1. The van der Waals surface area contributed by atoms with Crippen molar-refractivity contribution in [2.24, 2.45) is 0 Å². The minimum absolute atomic E-state index is 0.106. The van der Waals surface area contributed by atoms with Crippen LogP contribution in [-0.4, -0.2) is 29.7 Å². The molecule has 2 aromatic rings. The maximum atomic E-state index is 11.7. The lowest BCUT2D eigenvalue weighted by Gasteiger charge is -2.07. The van der Waals surface area contributed by atoms with E-state index in [1.54, 1.807) is 36.7 Å². The number of carbonyl (C=O) groups is 1. The van der Waals surface area contributed by atoms with E-state index in [9.17, 15) is 9.90 Å². The smallest absolute Gasteiger partial charge is 0.244 e. The summed E-state index contributed by atoms with van der Waals surface area (Å²) in [6.07, 6.45) is 7.22. The number of aromatic nitrogens is 1. The highest BCUT2D eigenvalue weighted by Crippen LogP contribution is 2.26. The van der Waals surface area contributed by atoms with Gasteiger partial charge >= 0.3 is 0 Å². The van der Waals surface area contributed by atoms with Gasteiger partial charge in [0.2, 0.25) is 5.91 Å². The van der Waals surface area contributed by atoms with Crippen LogP contribution >= 0.6 is 0 Å². The third-order valence-corrected chi connectivity index (χ3v) is 3.07. The highest BCUT2D eigenvalue weighted by Gasteiger charge is 2.03. The second-order valence-electron chi connectivity index (χ2n) is 4.67. The molecular weight excluding hydrogens is 280 g/mol. The van der Waals surface area contributed by atoms with Crippen LogP contribution in [0.15, 0.2) is 48.8 Å². The van der Waals surface area contributed by atoms with Crippen molar-refractivity contribution in [1.29, 1.82) is 0 Å². The Hall–Kier alpha value is -2.82. The molecule has 0 aliphatic rings. The summed E-state index contributed by atoms with van der Waals surface area (Å²) in [4.78, 5) is 15.7. The minimum Gasteiger partial charge on any atom is -0.504 e. The van der Waals surface area contributed by atoms with Crippen LogP contribution in [-0.2, 0) is 11.2 Å². The van der Waals surface area contributed by atoms with Crippen molar-refractivity contribution in [3.05, 3.63) is 59.9 Å². The highest BCUT2D eigenvalue weighted by atomic mass is 16.5. The lowest BCUT2D eigenvalue weighted by molar-refractivity contribution is -0.116. The average molecular weight is 298 g/mol. The topological polar surface area (TPSA) is 71.5 Å². The number of benzene rings is 1. The molecule has 114 valence electrons. The van der Waals surface area contributed by atoms with Gasteiger partial charge in [-0.05, 0) is 41.8 Å². The monoisotopic (exact) mass is 298 g/mol. The molecule has 1 amide bonds. The number of hydrogen-bond acceptors (Lipinski definition) is 4. The van der Waals surface area contributed by atoms with Crippen molar-refractivity contribution in [2.75, 3.05) is 13.7 Å². The Kier molecular flexibility index (Phi) is 5.54. The lowest BCUT2D eigenvalue weighted by Crippen LogP contribution is -2.23. The molecule has 2 N–H and O–H groups in total. The number of hydrogen-bond donors (Lipinski definition) is 2. The summed E-state index contributed by atoms with van der Waals surface area (Å²) in [5.74, 6) is 0.379. The molecule has 1 aromatic carbocycles. The van der Waals surface area contributed by atoms with Crippen LogP contribution in [0.3, 0.4) is 0 Å². The summed E-state index contributed by atoms with van der Waals surface area (Å²) >= 11 is 0. The van der Waals surface area contributed by atoms with E-state index in [0.29, 0.717) is 18.7 Å². The second-order valence-corrected chi connectivity index (χ2v) is 4.67. The summed E-state index contributed by atoms with van der Waals surface area (Å²) < 4.78 is 5.05.